The summed E-state index contributed by atoms with van der Waals surface area (Å²) in [5.74, 6) is 2.63. The molecule has 0 atom stereocenters. The molecule has 4 aliphatic rings. The number of amides is 8. The first-order valence-electron chi connectivity index (χ1n) is 38.7. The molecule has 22 nitrogen and oxygen atoms in total. The van der Waals surface area contributed by atoms with Crippen molar-refractivity contribution in [2.75, 3.05) is 49.5 Å². The summed E-state index contributed by atoms with van der Waals surface area (Å²) in [4.78, 5) is 125. The van der Waals surface area contributed by atoms with Gasteiger partial charge in [0.25, 0.3) is 0 Å². The quantitative estimate of drug-likeness (QED) is 0.0583. The fourth-order valence-corrected chi connectivity index (χ4v) is 17.1. The van der Waals surface area contributed by atoms with Gasteiger partial charge in [0.1, 0.15) is 34.6 Å². The Kier molecular flexibility index (Phi) is 23.6. The first-order chi connectivity index (χ1) is 55.8. The van der Waals surface area contributed by atoms with Crippen molar-refractivity contribution in [3.05, 3.63) is 259 Å². The second-order valence-corrected chi connectivity index (χ2v) is 33.9. The van der Waals surface area contributed by atoms with Gasteiger partial charge in [-0.05, 0) is 197 Å². The first kappa shape index (κ1) is 82.2. The Hall–Kier alpha value is -12.8. The van der Waals surface area contributed by atoms with Gasteiger partial charge in [0.15, 0.2) is 0 Å². The number of benzene rings is 4. The molecule has 598 valence electrons. The van der Waals surface area contributed by atoms with E-state index in [1.165, 1.54) is 42.1 Å². The lowest BCUT2D eigenvalue weighted by molar-refractivity contribution is -0.126. The van der Waals surface area contributed by atoms with Crippen LogP contribution in [0.4, 0.5) is 23.3 Å². The lowest BCUT2D eigenvalue weighted by Crippen LogP contribution is -2.32. The normalized spacial score (nSPS) is 14.9. The van der Waals surface area contributed by atoms with E-state index in [9.17, 15) is 38.4 Å². The lowest BCUT2D eigenvalue weighted by Gasteiger charge is -2.23. The third kappa shape index (κ3) is 17.0. The number of likely N-dealkylation sites (N-methyl/N-ethyl adjacent to an activating group) is 4. The van der Waals surface area contributed by atoms with Crippen LogP contribution >= 0.6 is 22.7 Å². The molecule has 0 radical (unpaired) electrons. The monoisotopic (exact) mass is 1600 g/mol. The summed E-state index contributed by atoms with van der Waals surface area (Å²) in [7, 11) is 9.16. The molecular formula is C93H95N13O9S2. The maximum atomic E-state index is 12.7. The molecule has 4 aromatic carbocycles. The standard InChI is InChI=1S/C25H28N4O2.C23H23N3O3.C23H23N3O2S.C22H21N3O2S/c1-5-25(6-2)20-13-17(15-26-23(20)27-24(25)31)11-12-22(30)28(3)16-19-14-18-9-7-8-10-21(18)29(19)4;2*1-14-16-7-5-6-8-18(16)29-19(14)13-26(4)20(27)10-9-15-11-17-21(24-12-15)25-22(28)23(17,2)3;1-22(2)17-10-14(12-23-20(17)24-21(22)27)8-9-19(26)25(3)13-16-11-15-6-4-5-7-18(15)28-16/h7-15H,5-6,16H2,1-4H3,(H,26,27,31);2*5-12H,13H2,1-4H3,(H,24,25,28);4-12H,13H2,1-3H3,(H,23,24,27)/b12-11+;2*10-9+;9-8+. The maximum Gasteiger partial charge on any atom is 0.246 e. The molecule has 12 heterocycles. The predicted octanol–water partition coefficient (Wildman–Crippen LogP) is 17.0. The number of hydrogen-bond donors (Lipinski definition) is 4. The van der Waals surface area contributed by atoms with Gasteiger partial charge < -0.3 is 49.9 Å². The second kappa shape index (κ2) is 33.6. The van der Waals surface area contributed by atoms with Gasteiger partial charge in [-0.1, -0.05) is 86.6 Å². The number of thiophene rings is 2. The van der Waals surface area contributed by atoms with Gasteiger partial charge in [-0.3, -0.25) is 38.4 Å². The number of furan rings is 1. The highest BCUT2D eigenvalue weighted by Gasteiger charge is 2.45. The number of nitrogens with zero attached hydrogens (tertiary/aromatic N) is 9. The Morgan fingerprint density at radius 1 is 0.444 bits per heavy atom. The van der Waals surface area contributed by atoms with Crippen LogP contribution in [-0.2, 0) is 93.2 Å². The fourth-order valence-electron chi connectivity index (χ4n) is 14.7. The Balaban J connectivity index is 0.000000136. The van der Waals surface area contributed by atoms with Crippen molar-refractivity contribution in [3.8, 4) is 0 Å². The van der Waals surface area contributed by atoms with Crippen LogP contribution in [0.1, 0.15) is 145 Å². The van der Waals surface area contributed by atoms with Crippen molar-refractivity contribution < 1.29 is 42.8 Å². The molecule has 16 rings (SSSR count). The van der Waals surface area contributed by atoms with Crippen LogP contribution in [0.2, 0.25) is 0 Å². The largest absolute Gasteiger partial charge is 0.459 e. The number of nitrogens with one attached hydrogen (secondary N) is 4. The highest BCUT2D eigenvalue weighted by atomic mass is 32.1. The van der Waals surface area contributed by atoms with Crippen LogP contribution in [0, 0.1) is 13.8 Å². The van der Waals surface area contributed by atoms with Crippen molar-refractivity contribution in [1.82, 2.24) is 44.1 Å². The van der Waals surface area contributed by atoms with Gasteiger partial charge in [-0.15, -0.1) is 22.7 Å². The number of carbonyl (C=O) groups is 8. The zero-order valence-electron chi connectivity index (χ0n) is 68.4. The smallest absolute Gasteiger partial charge is 0.246 e. The Morgan fingerprint density at radius 3 is 1.32 bits per heavy atom. The minimum atomic E-state index is -0.633. The number of para-hydroxylation sites is 2. The van der Waals surface area contributed by atoms with Gasteiger partial charge in [0.2, 0.25) is 47.3 Å². The number of rotatable bonds is 18. The zero-order valence-corrected chi connectivity index (χ0v) is 70.0. The minimum Gasteiger partial charge on any atom is -0.459 e. The summed E-state index contributed by atoms with van der Waals surface area (Å²) in [6.07, 6.45) is 21.3. The van der Waals surface area contributed by atoms with E-state index >= 15 is 0 Å². The topological polar surface area (TPSA) is 267 Å². The van der Waals surface area contributed by atoms with Gasteiger partial charge in [0.05, 0.1) is 47.8 Å². The summed E-state index contributed by atoms with van der Waals surface area (Å²) < 4.78 is 10.5. The molecule has 117 heavy (non-hydrogen) atoms. The predicted molar refractivity (Wildman–Crippen MR) is 467 cm³/mol. The molecule has 4 N–H and O–H groups in total. The van der Waals surface area contributed by atoms with Crippen molar-refractivity contribution in [3.63, 3.8) is 0 Å². The first-order valence-corrected chi connectivity index (χ1v) is 40.4. The molecule has 0 aliphatic carbocycles. The van der Waals surface area contributed by atoms with Crippen molar-refractivity contribution in [2.45, 2.75) is 130 Å². The van der Waals surface area contributed by atoms with Crippen LogP contribution in [0.5, 0.6) is 0 Å². The third-order valence-electron chi connectivity index (χ3n) is 22.6. The summed E-state index contributed by atoms with van der Waals surface area (Å²) in [6.45, 7) is 21.4. The van der Waals surface area contributed by atoms with Gasteiger partial charge in [0, 0.05) is 148 Å². The summed E-state index contributed by atoms with van der Waals surface area (Å²) in [6, 6.07) is 44.5. The Morgan fingerprint density at radius 2 is 0.846 bits per heavy atom. The number of aromatic nitrogens is 5. The van der Waals surface area contributed by atoms with E-state index in [-0.39, 0.29) is 47.3 Å². The van der Waals surface area contributed by atoms with Crippen LogP contribution < -0.4 is 21.3 Å². The number of hydrogen-bond acceptors (Lipinski definition) is 15. The molecule has 8 aromatic heterocycles. The molecule has 8 amide bonds. The average molecular weight is 1600 g/mol. The highest BCUT2D eigenvalue weighted by Crippen LogP contribution is 2.44. The van der Waals surface area contributed by atoms with E-state index in [1.807, 2.05) is 161 Å². The third-order valence-corrected chi connectivity index (χ3v) is 24.9. The molecule has 12 aromatic rings. The van der Waals surface area contributed by atoms with Crippen LogP contribution in [0.15, 0.2) is 187 Å². The second-order valence-electron chi connectivity index (χ2n) is 31.5. The molecule has 0 fully saturated rings. The number of carbonyl (C=O) groups excluding carboxylic acids is 8. The van der Waals surface area contributed by atoms with E-state index in [4.69, 9.17) is 4.42 Å². The number of aryl methyl sites for hydroxylation is 3. The molecule has 0 spiro atoms. The van der Waals surface area contributed by atoms with E-state index in [2.05, 4.69) is 101 Å². The molecule has 0 saturated carbocycles. The van der Waals surface area contributed by atoms with Gasteiger partial charge >= 0.3 is 0 Å². The lowest BCUT2D eigenvalue weighted by atomic mass is 9.77. The van der Waals surface area contributed by atoms with Gasteiger partial charge in [-0.2, -0.15) is 0 Å². The fraction of sp³-hybridized carbons (Fsp3) is 0.269. The molecule has 24 heteroatoms. The minimum absolute atomic E-state index is 0.00638. The molecule has 0 saturated heterocycles. The van der Waals surface area contributed by atoms with Crippen LogP contribution in [-0.4, -0.2) is 120 Å². The number of anilines is 4. The number of fused-ring (bicyclic) bond motifs is 8. The highest BCUT2D eigenvalue weighted by molar-refractivity contribution is 7.19. The summed E-state index contributed by atoms with van der Waals surface area (Å²) in [5.41, 5.74) is 9.56. The maximum absolute atomic E-state index is 12.7. The molecule has 0 bridgehead atoms. The number of pyridine rings is 4. The molecule has 0 unspecified atom stereocenters. The van der Waals surface area contributed by atoms with Crippen molar-refractivity contribution in [1.29, 1.82) is 0 Å². The molecule has 4 aliphatic heterocycles. The van der Waals surface area contributed by atoms with E-state index in [0.717, 1.165) is 82.9 Å². The van der Waals surface area contributed by atoms with E-state index < -0.39 is 21.7 Å². The van der Waals surface area contributed by atoms with Crippen LogP contribution in [0.25, 0.3) is 66.3 Å². The Labute approximate surface area is 688 Å². The van der Waals surface area contributed by atoms with E-state index in [1.54, 1.807) is 131 Å². The van der Waals surface area contributed by atoms with E-state index in [0.29, 0.717) is 62.3 Å². The summed E-state index contributed by atoms with van der Waals surface area (Å²) in [5, 5.41) is 15.9. The van der Waals surface area contributed by atoms with Crippen LogP contribution in [0.3, 0.4) is 0 Å². The van der Waals surface area contributed by atoms with Gasteiger partial charge in [-0.25, -0.2) is 19.9 Å². The Bertz CT molecular complexity index is 5870. The SMILES string of the molecule is CCC1(CC)C(=O)Nc2ncc(/C=C/C(=O)N(C)Cc3cc4ccccc4n3C)cc21.CN(Cc1cc2ccccc2s1)C(=O)/C=C/c1cnc2c(c1)C(C)(C)C(=O)N2.Cc1c(CN(C)C(=O)/C=C/c2cnc3c(c2)C(C)(C)C(=O)N3)oc2ccccc12.Cc1c(CN(C)C(=O)/C=C/c2cnc3c(c2)C(C)(C)C(=O)N3)sc2ccccc12. The summed E-state index contributed by atoms with van der Waals surface area (Å²) >= 11 is 3.43. The molecular weight excluding hydrogens is 1510 g/mol. The average Bonchev–Trinajstić information content (AvgIpc) is 1.61. The zero-order chi connectivity index (χ0) is 83.6. The van der Waals surface area contributed by atoms with Crippen molar-refractivity contribution >= 4 is 160 Å². The van der Waals surface area contributed by atoms with Crippen molar-refractivity contribution in [2.24, 2.45) is 7.05 Å².